The van der Waals surface area contributed by atoms with Crippen molar-refractivity contribution in [3.05, 3.63) is 41.6 Å². The number of piperidine rings is 1. The average Bonchev–Trinajstić information content (AvgIpc) is 2.63. The fourth-order valence-electron chi connectivity index (χ4n) is 3.22. The Bertz CT molecular complexity index is 797. The predicted octanol–water partition coefficient (Wildman–Crippen LogP) is 3.21. The lowest BCUT2D eigenvalue weighted by molar-refractivity contribution is 0.433. The van der Waals surface area contributed by atoms with Crippen LogP contribution in [0.3, 0.4) is 0 Å². The van der Waals surface area contributed by atoms with Crippen molar-refractivity contribution in [1.29, 1.82) is 0 Å². The molecule has 0 spiro atoms. The van der Waals surface area contributed by atoms with Crippen LogP contribution in [0.5, 0.6) is 5.75 Å². The van der Waals surface area contributed by atoms with Crippen LogP contribution in [0.1, 0.15) is 31.0 Å². The molecule has 0 unspecified atom stereocenters. The van der Waals surface area contributed by atoms with Crippen molar-refractivity contribution < 1.29 is 4.74 Å². The molecule has 0 amide bonds. The largest absolute Gasteiger partial charge is 0.431 e. The van der Waals surface area contributed by atoms with Gasteiger partial charge in [-0.3, -0.25) is 0 Å². The van der Waals surface area contributed by atoms with E-state index in [2.05, 4.69) is 16.9 Å². The van der Waals surface area contributed by atoms with Gasteiger partial charge in [0.15, 0.2) is 11.6 Å². The first-order chi connectivity index (χ1) is 12.1. The third-order valence-corrected chi connectivity index (χ3v) is 4.84. The van der Waals surface area contributed by atoms with Crippen LogP contribution in [0, 0.1) is 12.8 Å². The lowest BCUT2D eigenvalue weighted by Crippen LogP contribution is -2.35. The molecule has 2 aliphatic rings. The maximum absolute atomic E-state index is 6.04. The molecule has 0 saturated carbocycles. The van der Waals surface area contributed by atoms with Crippen molar-refractivity contribution in [2.45, 2.75) is 26.7 Å². The van der Waals surface area contributed by atoms with E-state index in [-0.39, 0.29) is 0 Å². The molecule has 1 fully saturated rings. The highest BCUT2D eigenvalue weighted by Crippen LogP contribution is 2.35. The van der Waals surface area contributed by atoms with E-state index in [0.717, 1.165) is 42.0 Å². The molecule has 0 atom stereocenters. The SMILES string of the molecule is Cc1nc(N2CCC(C)CC2)nc2c1OC(c1ccccc1)=NN2C. The van der Waals surface area contributed by atoms with Crippen molar-refractivity contribution >= 4 is 17.7 Å². The standard InChI is InChI=1S/C19H23N5O/c1-13-9-11-24(12-10-13)19-20-14(2)16-17(21-19)23(3)22-18(25-16)15-7-5-4-6-8-15/h4-8,13H,9-12H2,1-3H3. The van der Waals surface area contributed by atoms with Gasteiger partial charge in [0.05, 0.1) is 5.69 Å². The van der Waals surface area contributed by atoms with Crippen LogP contribution in [0.15, 0.2) is 35.4 Å². The number of ether oxygens (including phenoxy) is 1. The molecular weight excluding hydrogens is 314 g/mol. The van der Waals surface area contributed by atoms with Gasteiger partial charge in [-0.1, -0.05) is 25.1 Å². The van der Waals surface area contributed by atoms with E-state index in [1.807, 2.05) is 44.3 Å². The highest BCUT2D eigenvalue weighted by molar-refractivity contribution is 5.98. The molecule has 25 heavy (non-hydrogen) atoms. The zero-order valence-electron chi connectivity index (χ0n) is 14.9. The number of hydrogen-bond donors (Lipinski definition) is 0. The van der Waals surface area contributed by atoms with Crippen molar-refractivity contribution in [3.63, 3.8) is 0 Å². The maximum Gasteiger partial charge on any atom is 0.244 e. The zero-order chi connectivity index (χ0) is 17.4. The Labute approximate surface area is 148 Å². The summed E-state index contributed by atoms with van der Waals surface area (Å²) in [4.78, 5) is 11.7. The van der Waals surface area contributed by atoms with Crippen LogP contribution in [0.4, 0.5) is 11.8 Å². The molecule has 1 aromatic heterocycles. The summed E-state index contributed by atoms with van der Waals surface area (Å²) < 4.78 is 6.04. The van der Waals surface area contributed by atoms with Gasteiger partial charge in [-0.2, -0.15) is 4.98 Å². The smallest absolute Gasteiger partial charge is 0.244 e. The van der Waals surface area contributed by atoms with E-state index in [9.17, 15) is 0 Å². The molecule has 4 rings (SSSR count). The summed E-state index contributed by atoms with van der Waals surface area (Å²) >= 11 is 0. The number of anilines is 2. The van der Waals surface area contributed by atoms with Gasteiger partial charge in [-0.15, -0.1) is 5.10 Å². The molecule has 130 valence electrons. The zero-order valence-corrected chi connectivity index (χ0v) is 14.9. The van der Waals surface area contributed by atoms with E-state index in [1.54, 1.807) is 5.01 Å². The molecular formula is C19H23N5O. The monoisotopic (exact) mass is 337 g/mol. The quantitative estimate of drug-likeness (QED) is 0.842. The second-order valence-electron chi connectivity index (χ2n) is 6.83. The summed E-state index contributed by atoms with van der Waals surface area (Å²) in [6.45, 7) is 6.28. The van der Waals surface area contributed by atoms with E-state index in [1.165, 1.54) is 12.8 Å². The van der Waals surface area contributed by atoms with Crippen LogP contribution in [0.2, 0.25) is 0 Å². The molecule has 0 N–H and O–H groups in total. The number of aryl methyl sites for hydroxylation is 1. The Balaban J connectivity index is 1.65. The number of hydrogen-bond acceptors (Lipinski definition) is 6. The van der Waals surface area contributed by atoms with Gasteiger partial charge < -0.3 is 9.64 Å². The van der Waals surface area contributed by atoms with Crippen molar-refractivity contribution in [2.24, 2.45) is 11.0 Å². The molecule has 2 aromatic rings. The van der Waals surface area contributed by atoms with Gasteiger partial charge in [0, 0.05) is 25.7 Å². The van der Waals surface area contributed by atoms with Crippen LogP contribution >= 0.6 is 0 Å². The van der Waals surface area contributed by atoms with Gasteiger partial charge in [0.25, 0.3) is 0 Å². The summed E-state index contributed by atoms with van der Waals surface area (Å²) in [5, 5.41) is 6.34. The second kappa shape index (κ2) is 6.35. The lowest BCUT2D eigenvalue weighted by Gasteiger charge is -2.32. The molecule has 6 nitrogen and oxygen atoms in total. The minimum atomic E-state index is 0.571. The maximum atomic E-state index is 6.04. The minimum absolute atomic E-state index is 0.571. The van der Waals surface area contributed by atoms with Crippen LogP contribution in [-0.4, -0.2) is 36.0 Å². The fourth-order valence-corrected chi connectivity index (χ4v) is 3.22. The third kappa shape index (κ3) is 3.04. The summed E-state index contributed by atoms with van der Waals surface area (Å²) in [7, 11) is 1.90. The summed E-state index contributed by atoms with van der Waals surface area (Å²) in [6, 6.07) is 9.89. The van der Waals surface area contributed by atoms with Gasteiger partial charge >= 0.3 is 0 Å². The Hall–Kier alpha value is -2.63. The first kappa shape index (κ1) is 15.9. The number of benzene rings is 1. The predicted molar refractivity (Wildman–Crippen MR) is 99.4 cm³/mol. The summed E-state index contributed by atoms with van der Waals surface area (Å²) in [5.74, 6) is 3.53. The van der Waals surface area contributed by atoms with Gasteiger partial charge in [0.1, 0.15) is 0 Å². The second-order valence-corrected chi connectivity index (χ2v) is 6.83. The number of rotatable bonds is 2. The number of aromatic nitrogens is 2. The number of fused-ring (bicyclic) bond motifs is 1. The molecule has 0 radical (unpaired) electrons. The molecule has 6 heteroatoms. The van der Waals surface area contributed by atoms with Crippen molar-refractivity contribution in [1.82, 2.24) is 9.97 Å². The first-order valence-corrected chi connectivity index (χ1v) is 8.81. The average molecular weight is 337 g/mol. The van der Waals surface area contributed by atoms with E-state index >= 15 is 0 Å². The first-order valence-electron chi connectivity index (χ1n) is 8.81. The topological polar surface area (TPSA) is 53.9 Å². The third-order valence-electron chi connectivity index (χ3n) is 4.84. The molecule has 2 aliphatic heterocycles. The Kier molecular flexibility index (Phi) is 4.03. The number of nitrogens with zero attached hydrogens (tertiary/aromatic N) is 5. The van der Waals surface area contributed by atoms with E-state index in [0.29, 0.717) is 11.6 Å². The normalized spacial score (nSPS) is 17.8. The minimum Gasteiger partial charge on any atom is -0.431 e. The van der Waals surface area contributed by atoms with Gasteiger partial charge in [-0.25, -0.2) is 9.99 Å². The highest BCUT2D eigenvalue weighted by atomic mass is 16.5. The van der Waals surface area contributed by atoms with Crippen molar-refractivity contribution in [2.75, 3.05) is 30.0 Å². The molecule has 0 bridgehead atoms. The summed E-state index contributed by atoms with van der Waals surface area (Å²) in [5.41, 5.74) is 1.78. The molecule has 0 aliphatic carbocycles. The Morgan fingerprint density at radius 3 is 2.52 bits per heavy atom. The van der Waals surface area contributed by atoms with E-state index in [4.69, 9.17) is 14.7 Å². The molecule has 1 aromatic carbocycles. The van der Waals surface area contributed by atoms with Crippen LogP contribution in [-0.2, 0) is 0 Å². The molecule has 3 heterocycles. The van der Waals surface area contributed by atoms with Gasteiger partial charge in [-0.05, 0) is 37.8 Å². The van der Waals surface area contributed by atoms with Crippen molar-refractivity contribution in [3.8, 4) is 5.75 Å². The van der Waals surface area contributed by atoms with Gasteiger partial charge in [0.2, 0.25) is 11.8 Å². The molecule has 1 saturated heterocycles. The van der Waals surface area contributed by atoms with E-state index < -0.39 is 0 Å². The lowest BCUT2D eigenvalue weighted by atomic mass is 10.00. The summed E-state index contributed by atoms with van der Waals surface area (Å²) in [6.07, 6.45) is 2.37. The Morgan fingerprint density at radius 2 is 1.80 bits per heavy atom. The Morgan fingerprint density at radius 1 is 1.08 bits per heavy atom. The highest BCUT2D eigenvalue weighted by Gasteiger charge is 2.27. The van der Waals surface area contributed by atoms with Crippen LogP contribution < -0.4 is 14.6 Å². The fraction of sp³-hybridized carbons (Fsp3) is 0.421. The van der Waals surface area contributed by atoms with Crippen LogP contribution in [0.25, 0.3) is 0 Å². The number of hydrazone groups is 1.